The van der Waals surface area contributed by atoms with Crippen molar-refractivity contribution in [2.24, 2.45) is 0 Å². The monoisotopic (exact) mass is 368 g/mol. The molecule has 2 aromatic rings. The Morgan fingerprint density at radius 3 is 2.27 bits per heavy atom. The molecule has 0 radical (unpaired) electrons. The van der Waals surface area contributed by atoms with Gasteiger partial charge in [-0.2, -0.15) is 0 Å². The van der Waals surface area contributed by atoms with Gasteiger partial charge in [-0.05, 0) is 61.4 Å². The van der Waals surface area contributed by atoms with Crippen molar-refractivity contribution in [3.8, 4) is 0 Å². The number of carbonyl (C=O) groups excluding carboxylic acids is 2. The number of ether oxygens (including phenoxy) is 1. The molecule has 134 valence electrons. The first-order valence-electron chi connectivity index (χ1n) is 8.27. The first kappa shape index (κ1) is 18.1. The number of hydrogen-bond acceptors (Lipinski definition) is 4. The van der Waals surface area contributed by atoms with Crippen LogP contribution in [0.4, 0.5) is 11.4 Å². The first-order valence-corrected chi connectivity index (χ1v) is 9.32. The quantitative estimate of drug-likeness (QED) is 0.853. The van der Waals surface area contributed by atoms with Crippen LogP contribution in [0.1, 0.15) is 21.5 Å². The smallest absolute Gasteiger partial charge is 0.291 e. The lowest BCUT2D eigenvalue weighted by molar-refractivity contribution is -0.116. The van der Waals surface area contributed by atoms with Crippen LogP contribution in [0, 0.1) is 13.8 Å². The second kappa shape index (κ2) is 8.10. The molecule has 26 heavy (non-hydrogen) atoms. The van der Waals surface area contributed by atoms with Gasteiger partial charge in [0.2, 0.25) is 0 Å². The maximum absolute atomic E-state index is 12.4. The van der Waals surface area contributed by atoms with Gasteiger partial charge in [-0.15, -0.1) is 11.8 Å². The number of hydrogen-bond donors (Lipinski definition) is 2. The van der Waals surface area contributed by atoms with E-state index in [4.69, 9.17) is 4.74 Å². The minimum Gasteiger partial charge on any atom is -0.487 e. The van der Waals surface area contributed by atoms with Crippen molar-refractivity contribution in [3.63, 3.8) is 0 Å². The van der Waals surface area contributed by atoms with Crippen molar-refractivity contribution >= 4 is 35.0 Å². The van der Waals surface area contributed by atoms with Gasteiger partial charge in [-0.3, -0.25) is 9.59 Å². The fraction of sp³-hybridized carbons (Fsp3) is 0.200. The zero-order valence-electron chi connectivity index (χ0n) is 14.7. The maximum Gasteiger partial charge on any atom is 0.291 e. The Morgan fingerprint density at radius 1 is 0.923 bits per heavy atom. The predicted octanol–water partition coefficient (Wildman–Crippen LogP) is 4.10. The highest BCUT2D eigenvalue weighted by Gasteiger charge is 2.14. The summed E-state index contributed by atoms with van der Waals surface area (Å²) in [5, 5.41) is 7.36. The third-order valence-corrected chi connectivity index (χ3v) is 4.83. The van der Waals surface area contributed by atoms with Crippen LogP contribution in [-0.4, -0.2) is 24.2 Å². The Labute approximate surface area is 156 Å². The lowest BCUT2D eigenvalue weighted by atomic mass is 10.1. The molecular weight excluding hydrogens is 348 g/mol. The van der Waals surface area contributed by atoms with Crippen LogP contribution in [-0.2, 0) is 9.53 Å². The highest BCUT2D eigenvalue weighted by Crippen LogP contribution is 2.19. The highest BCUT2D eigenvalue weighted by atomic mass is 32.2. The van der Waals surface area contributed by atoms with Crippen molar-refractivity contribution in [1.82, 2.24) is 0 Å². The van der Waals surface area contributed by atoms with E-state index in [1.54, 1.807) is 41.4 Å². The number of carbonyl (C=O) groups is 2. The van der Waals surface area contributed by atoms with Gasteiger partial charge in [0, 0.05) is 28.1 Å². The molecule has 0 unspecified atom stereocenters. The van der Waals surface area contributed by atoms with Gasteiger partial charge in [0.05, 0.1) is 6.61 Å². The molecular formula is C20H20N2O3S. The molecule has 0 fully saturated rings. The van der Waals surface area contributed by atoms with Gasteiger partial charge < -0.3 is 15.4 Å². The van der Waals surface area contributed by atoms with E-state index in [0.717, 1.165) is 17.0 Å². The van der Waals surface area contributed by atoms with Gasteiger partial charge in [0.1, 0.15) is 0 Å². The van der Waals surface area contributed by atoms with Crippen LogP contribution < -0.4 is 10.6 Å². The minimum atomic E-state index is -0.287. The molecule has 3 rings (SSSR count). The fourth-order valence-corrected chi connectivity index (χ4v) is 3.03. The largest absolute Gasteiger partial charge is 0.487 e. The zero-order chi connectivity index (χ0) is 18.5. The van der Waals surface area contributed by atoms with E-state index in [0.29, 0.717) is 23.6 Å². The van der Waals surface area contributed by atoms with Gasteiger partial charge >= 0.3 is 0 Å². The van der Waals surface area contributed by atoms with Crippen LogP contribution >= 0.6 is 11.8 Å². The fourth-order valence-electron chi connectivity index (χ4n) is 2.41. The minimum absolute atomic E-state index is 0.194. The third kappa shape index (κ3) is 4.46. The molecule has 0 saturated heterocycles. The number of thioether (sulfide) groups is 1. The molecule has 0 bridgehead atoms. The summed E-state index contributed by atoms with van der Waals surface area (Å²) in [6.07, 6.45) is 0. The van der Waals surface area contributed by atoms with Crippen molar-refractivity contribution in [1.29, 1.82) is 0 Å². The second-order valence-corrected chi connectivity index (χ2v) is 6.96. The Bertz CT molecular complexity index is 860. The van der Waals surface area contributed by atoms with Gasteiger partial charge in [0.25, 0.3) is 11.8 Å². The molecule has 0 aliphatic carbocycles. The molecule has 0 aromatic heterocycles. The van der Waals surface area contributed by atoms with E-state index in [1.807, 2.05) is 32.0 Å². The molecule has 2 amide bonds. The van der Waals surface area contributed by atoms with Crippen molar-refractivity contribution < 1.29 is 14.3 Å². The standard InChI is InChI=1S/C20H20N2O3S/c1-13-3-6-17(11-14(13)2)22-19(23)15-4-7-16(8-5-15)21-20(24)18-12-26-10-9-25-18/h3-8,11-12H,9-10H2,1-2H3,(H,21,24)(H,22,23). The number of anilines is 2. The summed E-state index contributed by atoms with van der Waals surface area (Å²) in [6, 6.07) is 12.5. The summed E-state index contributed by atoms with van der Waals surface area (Å²) in [6.45, 7) is 4.56. The molecule has 1 aliphatic heterocycles. The number of rotatable bonds is 4. The number of benzene rings is 2. The number of amides is 2. The van der Waals surface area contributed by atoms with Crippen LogP contribution in [0.25, 0.3) is 0 Å². The molecule has 0 spiro atoms. The SMILES string of the molecule is Cc1ccc(NC(=O)c2ccc(NC(=O)C3=CSCCO3)cc2)cc1C. The molecule has 6 heteroatoms. The van der Waals surface area contributed by atoms with Crippen molar-refractivity contribution in [3.05, 3.63) is 70.3 Å². The van der Waals surface area contributed by atoms with Crippen molar-refractivity contribution in [2.45, 2.75) is 13.8 Å². The van der Waals surface area contributed by atoms with E-state index in [1.165, 1.54) is 5.56 Å². The summed E-state index contributed by atoms with van der Waals surface area (Å²) < 4.78 is 5.32. The Morgan fingerprint density at radius 2 is 1.62 bits per heavy atom. The van der Waals surface area contributed by atoms with Gasteiger partial charge in [0.15, 0.2) is 5.76 Å². The second-order valence-electron chi connectivity index (χ2n) is 5.99. The molecule has 2 N–H and O–H groups in total. The molecule has 0 saturated carbocycles. The first-order chi connectivity index (χ1) is 12.5. The van der Waals surface area contributed by atoms with Gasteiger partial charge in [-0.25, -0.2) is 0 Å². The molecule has 0 atom stereocenters. The lowest BCUT2D eigenvalue weighted by Crippen LogP contribution is -2.19. The number of aryl methyl sites for hydroxylation is 2. The molecule has 2 aromatic carbocycles. The topological polar surface area (TPSA) is 67.4 Å². The molecule has 1 heterocycles. The summed E-state index contributed by atoms with van der Waals surface area (Å²) >= 11 is 1.55. The summed E-state index contributed by atoms with van der Waals surface area (Å²) in [5.41, 5.74) is 4.19. The van der Waals surface area contributed by atoms with Crippen LogP contribution in [0.5, 0.6) is 0 Å². The summed E-state index contributed by atoms with van der Waals surface area (Å²) in [4.78, 5) is 24.5. The Balaban J connectivity index is 1.63. The Hall–Kier alpha value is -2.73. The third-order valence-electron chi connectivity index (χ3n) is 4.04. The van der Waals surface area contributed by atoms with E-state index >= 15 is 0 Å². The summed E-state index contributed by atoms with van der Waals surface area (Å²) in [5.74, 6) is 0.685. The predicted molar refractivity (Wildman–Crippen MR) is 105 cm³/mol. The van der Waals surface area contributed by atoms with Crippen molar-refractivity contribution in [2.75, 3.05) is 23.0 Å². The van der Waals surface area contributed by atoms with Crippen LogP contribution in [0.15, 0.2) is 53.6 Å². The Kier molecular flexibility index (Phi) is 5.63. The summed E-state index contributed by atoms with van der Waals surface area (Å²) in [7, 11) is 0. The number of nitrogens with one attached hydrogen (secondary N) is 2. The van der Waals surface area contributed by atoms with E-state index in [9.17, 15) is 9.59 Å². The molecule has 1 aliphatic rings. The lowest BCUT2D eigenvalue weighted by Gasteiger charge is -2.14. The van der Waals surface area contributed by atoms with E-state index < -0.39 is 0 Å². The normalized spacial score (nSPS) is 13.4. The van der Waals surface area contributed by atoms with E-state index in [-0.39, 0.29) is 11.8 Å². The van der Waals surface area contributed by atoms with Crippen LogP contribution in [0.2, 0.25) is 0 Å². The maximum atomic E-state index is 12.4. The molecule has 5 nitrogen and oxygen atoms in total. The highest BCUT2D eigenvalue weighted by molar-refractivity contribution is 8.02. The van der Waals surface area contributed by atoms with Crippen LogP contribution in [0.3, 0.4) is 0 Å². The average molecular weight is 368 g/mol. The van der Waals surface area contributed by atoms with E-state index in [2.05, 4.69) is 10.6 Å². The zero-order valence-corrected chi connectivity index (χ0v) is 15.5. The van der Waals surface area contributed by atoms with Gasteiger partial charge in [-0.1, -0.05) is 6.07 Å². The average Bonchev–Trinajstić information content (AvgIpc) is 2.66.